The van der Waals surface area contributed by atoms with Crippen LogP contribution in [-0.2, 0) is 10.3 Å². The molecule has 0 saturated carbocycles. The van der Waals surface area contributed by atoms with Gasteiger partial charge in [0.05, 0.1) is 5.71 Å². The van der Waals surface area contributed by atoms with Crippen molar-refractivity contribution in [3.63, 3.8) is 0 Å². The number of hydrogen-bond acceptors (Lipinski definition) is 3. The molecule has 1 rings (SSSR count). The van der Waals surface area contributed by atoms with Gasteiger partial charge in [0, 0.05) is 13.0 Å². The molecule has 154 valence electrons. The van der Waals surface area contributed by atoms with Crippen LogP contribution >= 0.6 is 0 Å². The van der Waals surface area contributed by atoms with Crippen LogP contribution in [0.1, 0.15) is 91.7 Å². The average Bonchev–Trinajstić information content (AvgIpc) is 2.62. The van der Waals surface area contributed by atoms with Crippen molar-refractivity contribution >= 4 is 5.71 Å². The zero-order chi connectivity index (χ0) is 20.3. The first kappa shape index (κ1) is 23.7. The van der Waals surface area contributed by atoms with Gasteiger partial charge in [-0.05, 0) is 56.3 Å². The Morgan fingerprint density at radius 3 is 1.96 bits per heavy atom. The van der Waals surface area contributed by atoms with Gasteiger partial charge in [0.1, 0.15) is 6.10 Å². The van der Waals surface area contributed by atoms with Gasteiger partial charge < -0.3 is 9.74 Å². The van der Waals surface area contributed by atoms with E-state index in [0.717, 1.165) is 18.7 Å². The summed E-state index contributed by atoms with van der Waals surface area (Å²) in [6.45, 7) is 18.7. The lowest BCUT2D eigenvalue weighted by molar-refractivity contribution is 0.0854. The molecule has 0 unspecified atom stereocenters. The molecule has 0 fully saturated rings. The number of nitrogens with zero attached hydrogens (tertiary/aromatic N) is 2. The molecule has 0 aliphatic carbocycles. The highest BCUT2D eigenvalue weighted by atomic mass is 16.6. The number of hydrogen-bond donors (Lipinski definition) is 0. The smallest absolute Gasteiger partial charge is 0.122 e. The van der Waals surface area contributed by atoms with Gasteiger partial charge in [-0.15, -0.1) is 0 Å². The van der Waals surface area contributed by atoms with Gasteiger partial charge in [-0.1, -0.05) is 76.9 Å². The number of benzene rings is 1. The molecule has 0 N–H and O–H groups in total. The molecule has 3 heteroatoms. The number of rotatable bonds is 12. The lowest BCUT2D eigenvalue weighted by Crippen LogP contribution is -2.29. The molecule has 0 atom stereocenters. The predicted octanol–water partition coefficient (Wildman–Crippen LogP) is 6.41. The second-order valence-corrected chi connectivity index (χ2v) is 8.82. The molecule has 0 radical (unpaired) electrons. The fraction of sp³-hybridized carbons (Fsp3) is 0.708. The first-order valence-corrected chi connectivity index (χ1v) is 10.8. The van der Waals surface area contributed by atoms with Crippen LogP contribution in [0.5, 0.6) is 0 Å². The molecule has 0 aromatic heterocycles. The van der Waals surface area contributed by atoms with Gasteiger partial charge in [-0.2, -0.15) is 0 Å². The van der Waals surface area contributed by atoms with Crippen LogP contribution in [0.25, 0.3) is 0 Å². The molecule has 3 nitrogen and oxygen atoms in total. The summed E-state index contributed by atoms with van der Waals surface area (Å²) in [5, 5.41) is 4.51. The van der Waals surface area contributed by atoms with Crippen molar-refractivity contribution in [2.45, 2.75) is 92.1 Å². The van der Waals surface area contributed by atoms with Gasteiger partial charge in [0.15, 0.2) is 0 Å². The monoisotopic (exact) mass is 374 g/mol. The van der Waals surface area contributed by atoms with E-state index in [-0.39, 0.29) is 11.5 Å². The summed E-state index contributed by atoms with van der Waals surface area (Å²) in [4.78, 5) is 8.20. The second kappa shape index (κ2) is 12.2. The van der Waals surface area contributed by atoms with Crippen molar-refractivity contribution in [1.29, 1.82) is 0 Å². The molecule has 1 aromatic rings. The summed E-state index contributed by atoms with van der Waals surface area (Å²) >= 11 is 0. The Labute approximate surface area is 168 Å². The van der Waals surface area contributed by atoms with Crippen molar-refractivity contribution in [1.82, 2.24) is 4.90 Å². The highest BCUT2D eigenvalue weighted by Gasteiger charge is 2.15. The molecule has 0 spiro atoms. The summed E-state index contributed by atoms with van der Waals surface area (Å²) in [5.41, 5.74) is 3.75. The van der Waals surface area contributed by atoms with E-state index in [2.05, 4.69) is 68.9 Å². The summed E-state index contributed by atoms with van der Waals surface area (Å²) in [6.07, 6.45) is 6.04. The van der Waals surface area contributed by atoms with Crippen molar-refractivity contribution in [2.75, 3.05) is 19.6 Å². The number of oxime groups is 1. The van der Waals surface area contributed by atoms with Crippen LogP contribution in [0.15, 0.2) is 29.4 Å². The maximum absolute atomic E-state index is 5.62. The van der Waals surface area contributed by atoms with Crippen molar-refractivity contribution < 1.29 is 4.84 Å². The molecule has 0 heterocycles. The van der Waals surface area contributed by atoms with E-state index in [1.54, 1.807) is 0 Å². The first-order valence-electron chi connectivity index (χ1n) is 10.8. The molecule has 27 heavy (non-hydrogen) atoms. The van der Waals surface area contributed by atoms with Gasteiger partial charge >= 0.3 is 0 Å². The van der Waals surface area contributed by atoms with Crippen LogP contribution in [0.4, 0.5) is 0 Å². The summed E-state index contributed by atoms with van der Waals surface area (Å²) in [6, 6.07) is 8.86. The lowest BCUT2D eigenvalue weighted by Gasteiger charge is -2.23. The highest BCUT2D eigenvalue weighted by molar-refractivity contribution is 6.00. The van der Waals surface area contributed by atoms with Crippen LogP contribution in [0, 0.1) is 0 Å². The Hall–Kier alpha value is -1.35. The Balaban J connectivity index is 2.88. The fourth-order valence-corrected chi connectivity index (χ4v) is 2.94. The van der Waals surface area contributed by atoms with Gasteiger partial charge in [-0.25, -0.2) is 0 Å². The average molecular weight is 375 g/mol. The minimum Gasteiger partial charge on any atom is -0.393 e. The molecular weight excluding hydrogens is 332 g/mol. The Bertz CT molecular complexity index is 532. The minimum absolute atomic E-state index is 0.102. The van der Waals surface area contributed by atoms with Gasteiger partial charge in [-0.3, -0.25) is 0 Å². The van der Waals surface area contributed by atoms with Crippen LogP contribution in [-0.4, -0.2) is 36.3 Å². The normalized spacial score (nSPS) is 12.9. The maximum atomic E-state index is 5.62. The van der Waals surface area contributed by atoms with E-state index in [9.17, 15) is 0 Å². The topological polar surface area (TPSA) is 24.8 Å². The molecule has 0 amide bonds. The van der Waals surface area contributed by atoms with E-state index in [0.29, 0.717) is 0 Å². The van der Waals surface area contributed by atoms with Crippen LogP contribution < -0.4 is 0 Å². The van der Waals surface area contributed by atoms with E-state index in [1.807, 2.05) is 13.8 Å². The van der Waals surface area contributed by atoms with E-state index in [4.69, 9.17) is 4.84 Å². The minimum atomic E-state index is 0.102. The van der Waals surface area contributed by atoms with E-state index >= 15 is 0 Å². The third kappa shape index (κ3) is 9.41. The zero-order valence-electron chi connectivity index (χ0n) is 18.8. The molecule has 0 saturated heterocycles. The maximum Gasteiger partial charge on any atom is 0.122 e. The summed E-state index contributed by atoms with van der Waals surface area (Å²) in [7, 11) is 0. The zero-order valence-corrected chi connectivity index (χ0v) is 18.8. The van der Waals surface area contributed by atoms with Crippen molar-refractivity contribution in [3.8, 4) is 0 Å². The summed E-state index contributed by atoms with van der Waals surface area (Å²) in [5.74, 6) is 0. The predicted molar refractivity (Wildman–Crippen MR) is 119 cm³/mol. The van der Waals surface area contributed by atoms with Crippen LogP contribution in [0.2, 0.25) is 0 Å². The molecule has 0 bridgehead atoms. The third-order valence-electron chi connectivity index (χ3n) is 4.78. The molecule has 0 aliphatic heterocycles. The second-order valence-electron chi connectivity index (χ2n) is 8.82. The Morgan fingerprint density at radius 2 is 1.52 bits per heavy atom. The summed E-state index contributed by atoms with van der Waals surface area (Å²) < 4.78 is 0. The third-order valence-corrected chi connectivity index (χ3v) is 4.78. The highest BCUT2D eigenvalue weighted by Crippen LogP contribution is 2.22. The standard InChI is InChI=1S/C24H42N2O/c1-8-10-17-26(18-11-9-2)19-16-23(25-27-20(3)4)21-12-14-22(15-13-21)24(5,6)7/h12-15,20H,8-11,16-19H2,1-7H3/b25-23+. The Kier molecular flexibility index (Phi) is 10.7. The molecule has 1 aromatic carbocycles. The molecule has 0 aliphatic rings. The fourth-order valence-electron chi connectivity index (χ4n) is 2.94. The van der Waals surface area contributed by atoms with Gasteiger partial charge in [0.2, 0.25) is 0 Å². The van der Waals surface area contributed by atoms with Crippen LogP contribution in [0.3, 0.4) is 0 Å². The first-order chi connectivity index (χ1) is 12.8. The molecular formula is C24H42N2O. The number of unbranched alkanes of at least 4 members (excludes halogenated alkanes) is 2. The quantitative estimate of drug-likeness (QED) is 0.312. The van der Waals surface area contributed by atoms with Gasteiger partial charge in [0.25, 0.3) is 0 Å². The van der Waals surface area contributed by atoms with Crippen molar-refractivity contribution in [2.24, 2.45) is 5.16 Å². The largest absolute Gasteiger partial charge is 0.393 e. The van der Waals surface area contributed by atoms with E-state index < -0.39 is 0 Å². The SMILES string of the molecule is CCCCN(CCCC)CC/C(=N\OC(C)C)c1ccc(C(C)(C)C)cc1. The Morgan fingerprint density at radius 1 is 0.963 bits per heavy atom. The van der Waals surface area contributed by atoms with Crippen molar-refractivity contribution in [3.05, 3.63) is 35.4 Å². The van der Waals surface area contributed by atoms with E-state index in [1.165, 1.54) is 49.9 Å². The lowest BCUT2D eigenvalue weighted by atomic mass is 9.86.